The molecule has 0 saturated carbocycles. The van der Waals surface area contributed by atoms with Gasteiger partial charge in [-0.1, -0.05) is 32.0 Å². The number of rotatable bonds is 4. The van der Waals surface area contributed by atoms with Crippen molar-refractivity contribution in [2.45, 2.75) is 37.6 Å². The minimum atomic E-state index is 0. The summed E-state index contributed by atoms with van der Waals surface area (Å²) in [6.07, 6.45) is 1.51. The minimum absolute atomic E-state index is 0. The Morgan fingerprint density at radius 1 is 1.38 bits per heavy atom. The van der Waals surface area contributed by atoms with E-state index >= 15 is 0 Å². The van der Waals surface area contributed by atoms with Crippen LogP contribution in [-0.4, -0.2) is 35.7 Å². The van der Waals surface area contributed by atoms with Crippen LogP contribution in [0.3, 0.4) is 0 Å². The van der Waals surface area contributed by atoms with E-state index in [4.69, 9.17) is 5.73 Å². The number of carbonyl (C=O) groups is 1. The molecule has 1 aliphatic rings. The van der Waals surface area contributed by atoms with E-state index in [0.717, 1.165) is 25.3 Å². The number of hydrogen-bond donors (Lipinski definition) is 1. The van der Waals surface area contributed by atoms with Crippen molar-refractivity contribution in [3.8, 4) is 0 Å². The van der Waals surface area contributed by atoms with Crippen LogP contribution in [0.2, 0.25) is 0 Å². The molecule has 1 saturated heterocycles. The molecule has 5 heteroatoms. The summed E-state index contributed by atoms with van der Waals surface area (Å²) in [6.45, 7) is 5.88. The molecule has 0 aliphatic carbocycles. The molecule has 3 nitrogen and oxygen atoms in total. The third kappa shape index (κ3) is 5.20. The Kier molecular flexibility index (Phi) is 7.04. The zero-order valence-corrected chi connectivity index (χ0v) is 14.4. The first kappa shape index (κ1) is 18.3. The summed E-state index contributed by atoms with van der Waals surface area (Å²) in [6, 6.07) is 10.4. The van der Waals surface area contributed by atoms with Gasteiger partial charge in [-0.2, -0.15) is 0 Å². The summed E-state index contributed by atoms with van der Waals surface area (Å²) < 4.78 is 0. The highest BCUT2D eigenvalue weighted by atomic mass is 35.5. The van der Waals surface area contributed by atoms with Gasteiger partial charge in [0.05, 0.1) is 0 Å². The van der Waals surface area contributed by atoms with Crippen molar-refractivity contribution in [1.29, 1.82) is 0 Å². The van der Waals surface area contributed by atoms with Crippen molar-refractivity contribution >= 4 is 30.1 Å². The summed E-state index contributed by atoms with van der Waals surface area (Å²) >= 11 is 1.74. The Labute approximate surface area is 138 Å². The number of halogens is 1. The molecule has 1 atom stereocenters. The average molecular weight is 329 g/mol. The fraction of sp³-hybridized carbons (Fsp3) is 0.562. The van der Waals surface area contributed by atoms with E-state index in [9.17, 15) is 4.79 Å². The number of likely N-dealkylation sites (tertiary alicyclic amines) is 1. The Bertz CT molecular complexity index is 453. The predicted molar refractivity (Wildman–Crippen MR) is 92.0 cm³/mol. The highest BCUT2D eigenvalue weighted by molar-refractivity contribution is 7.99. The lowest BCUT2D eigenvalue weighted by atomic mass is 9.79. The summed E-state index contributed by atoms with van der Waals surface area (Å²) in [5.41, 5.74) is 6.14. The van der Waals surface area contributed by atoms with Crippen LogP contribution in [0.25, 0.3) is 0 Å². The molecule has 1 unspecified atom stereocenters. The SMILES string of the molecule is CC1(C)CN(C(=O)CCSc2ccccc2)CCC1N.Cl. The standard InChI is InChI=1S/C16H24N2OS.ClH/c1-16(2)12-18(10-8-14(16)17)15(19)9-11-20-13-6-4-3-5-7-13;/h3-7,14H,8-12,17H2,1-2H3;1H. The highest BCUT2D eigenvalue weighted by Gasteiger charge is 2.34. The van der Waals surface area contributed by atoms with Gasteiger partial charge in [-0.05, 0) is 24.0 Å². The predicted octanol–water partition coefficient (Wildman–Crippen LogP) is 3.18. The van der Waals surface area contributed by atoms with Crippen molar-refractivity contribution in [3.05, 3.63) is 30.3 Å². The topological polar surface area (TPSA) is 46.3 Å². The molecule has 2 N–H and O–H groups in total. The third-order valence-electron chi connectivity index (χ3n) is 3.99. The van der Waals surface area contributed by atoms with Gasteiger partial charge in [-0.25, -0.2) is 0 Å². The number of hydrogen-bond acceptors (Lipinski definition) is 3. The van der Waals surface area contributed by atoms with Crippen LogP contribution in [0.1, 0.15) is 26.7 Å². The van der Waals surface area contributed by atoms with Crippen LogP contribution in [-0.2, 0) is 4.79 Å². The van der Waals surface area contributed by atoms with Gasteiger partial charge in [0.2, 0.25) is 5.91 Å². The number of nitrogens with two attached hydrogens (primary N) is 1. The lowest BCUT2D eigenvalue weighted by Crippen LogP contribution is -2.54. The van der Waals surface area contributed by atoms with E-state index in [2.05, 4.69) is 26.0 Å². The van der Waals surface area contributed by atoms with E-state index in [1.54, 1.807) is 11.8 Å². The minimum Gasteiger partial charge on any atom is -0.342 e. The number of benzene rings is 1. The van der Waals surface area contributed by atoms with Gasteiger partial charge in [-0.3, -0.25) is 4.79 Å². The van der Waals surface area contributed by atoms with Crippen LogP contribution in [0.5, 0.6) is 0 Å². The van der Waals surface area contributed by atoms with Crippen LogP contribution in [0.4, 0.5) is 0 Å². The fourth-order valence-electron chi connectivity index (χ4n) is 2.52. The van der Waals surface area contributed by atoms with Gasteiger partial charge in [0.25, 0.3) is 0 Å². The maximum absolute atomic E-state index is 12.3. The maximum Gasteiger partial charge on any atom is 0.223 e. The molecule has 0 spiro atoms. The Hall–Kier alpha value is -0.710. The first-order valence-corrected chi connectivity index (χ1v) is 8.19. The molecule has 1 heterocycles. The molecule has 0 aromatic heterocycles. The van der Waals surface area contributed by atoms with E-state index in [1.807, 2.05) is 23.1 Å². The summed E-state index contributed by atoms with van der Waals surface area (Å²) in [4.78, 5) is 15.5. The van der Waals surface area contributed by atoms with Gasteiger partial charge >= 0.3 is 0 Å². The highest BCUT2D eigenvalue weighted by Crippen LogP contribution is 2.28. The van der Waals surface area contributed by atoms with E-state index in [0.29, 0.717) is 6.42 Å². The van der Waals surface area contributed by atoms with Gasteiger partial charge in [0.1, 0.15) is 0 Å². The summed E-state index contributed by atoms with van der Waals surface area (Å²) in [5.74, 6) is 1.10. The van der Waals surface area contributed by atoms with E-state index in [1.165, 1.54) is 4.90 Å². The smallest absolute Gasteiger partial charge is 0.223 e. The summed E-state index contributed by atoms with van der Waals surface area (Å²) in [5, 5.41) is 0. The molecular weight excluding hydrogens is 304 g/mol. The molecule has 1 aromatic carbocycles. The first-order chi connectivity index (χ1) is 9.49. The largest absolute Gasteiger partial charge is 0.342 e. The second kappa shape index (κ2) is 8.06. The van der Waals surface area contributed by atoms with Gasteiger partial charge in [-0.15, -0.1) is 24.2 Å². The quantitative estimate of drug-likeness (QED) is 0.863. The molecule has 21 heavy (non-hydrogen) atoms. The number of thioether (sulfide) groups is 1. The molecule has 2 rings (SSSR count). The van der Waals surface area contributed by atoms with Crippen molar-refractivity contribution in [2.24, 2.45) is 11.1 Å². The number of nitrogens with zero attached hydrogens (tertiary/aromatic N) is 1. The van der Waals surface area contributed by atoms with Crippen molar-refractivity contribution in [2.75, 3.05) is 18.8 Å². The molecule has 1 amide bonds. The molecule has 0 radical (unpaired) electrons. The fourth-order valence-corrected chi connectivity index (χ4v) is 3.38. The lowest BCUT2D eigenvalue weighted by molar-refractivity contribution is -0.134. The zero-order chi connectivity index (χ0) is 14.6. The first-order valence-electron chi connectivity index (χ1n) is 7.20. The second-order valence-electron chi connectivity index (χ2n) is 6.11. The Balaban J connectivity index is 0.00000220. The maximum atomic E-state index is 12.3. The molecule has 118 valence electrons. The number of amides is 1. The molecular formula is C16H25ClN2OS. The van der Waals surface area contributed by atoms with Gasteiger partial charge < -0.3 is 10.6 Å². The third-order valence-corrected chi connectivity index (χ3v) is 5.01. The van der Waals surface area contributed by atoms with Crippen LogP contribution < -0.4 is 5.73 Å². The average Bonchev–Trinajstić information content (AvgIpc) is 2.43. The normalized spacial score (nSPS) is 20.7. The monoisotopic (exact) mass is 328 g/mol. The van der Waals surface area contributed by atoms with Gasteiger partial charge in [0, 0.05) is 36.2 Å². The molecule has 1 aromatic rings. The van der Waals surface area contributed by atoms with Crippen molar-refractivity contribution < 1.29 is 4.79 Å². The second-order valence-corrected chi connectivity index (χ2v) is 7.28. The van der Waals surface area contributed by atoms with Gasteiger partial charge in [0.15, 0.2) is 0 Å². The Morgan fingerprint density at radius 3 is 2.67 bits per heavy atom. The van der Waals surface area contributed by atoms with E-state index in [-0.39, 0.29) is 29.8 Å². The van der Waals surface area contributed by atoms with E-state index < -0.39 is 0 Å². The van der Waals surface area contributed by atoms with Crippen molar-refractivity contribution in [1.82, 2.24) is 4.90 Å². The Morgan fingerprint density at radius 2 is 2.05 bits per heavy atom. The van der Waals surface area contributed by atoms with Crippen molar-refractivity contribution in [3.63, 3.8) is 0 Å². The van der Waals surface area contributed by atoms with Crippen LogP contribution >= 0.6 is 24.2 Å². The lowest BCUT2D eigenvalue weighted by Gasteiger charge is -2.42. The van der Waals surface area contributed by atoms with Crippen LogP contribution in [0.15, 0.2) is 35.2 Å². The summed E-state index contributed by atoms with van der Waals surface area (Å²) in [7, 11) is 0. The molecule has 1 aliphatic heterocycles. The zero-order valence-electron chi connectivity index (χ0n) is 12.7. The molecule has 0 bridgehead atoms. The molecule has 1 fully saturated rings. The number of carbonyl (C=O) groups excluding carboxylic acids is 1. The number of piperidine rings is 1. The van der Waals surface area contributed by atoms with Crippen LogP contribution in [0, 0.1) is 5.41 Å².